The van der Waals surface area contributed by atoms with Gasteiger partial charge in [-0.05, 0) is 31.0 Å². The molecule has 4 rings (SSSR count). The minimum absolute atomic E-state index is 0.117. The summed E-state index contributed by atoms with van der Waals surface area (Å²) in [5.74, 6) is 2.28. The summed E-state index contributed by atoms with van der Waals surface area (Å²) < 4.78 is 11.3. The van der Waals surface area contributed by atoms with Crippen LogP contribution in [0.1, 0.15) is 48.7 Å². The molecule has 2 aliphatic heterocycles. The summed E-state index contributed by atoms with van der Waals surface area (Å²) in [5, 5.41) is 7.52. The Bertz CT molecular complexity index is 580. The average Bonchev–Trinajstić information content (AvgIpc) is 3.14. The highest BCUT2D eigenvalue weighted by molar-refractivity contribution is 5.37. The number of nitrogens with one attached hydrogen (secondary N) is 1. The van der Waals surface area contributed by atoms with Crippen molar-refractivity contribution in [3.05, 3.63) is 41.5 Å². The van der Waals surface area contributed by atoms with Gasteiger partial charge in [-0.3, -0.25) is 0 Å². The molecule has 5 nitrogen and oxygen atoms in total. The van der Waals surface area contributed by atoms with E-state index in [2.05, 4.69) is 21.5 Å². The van der Waals surface area contributed by atoms with Crippen LogP contribution in [-0.2, 0) is 6.42 Å². The summed E-state index contributed by atoms with van der Waals surface area (Å²) in [6.07, 6.45) is 4.19. The minimum Gasteiger partial charge on any atom is -0.482 e. The van der Waals surface area contributed by atoms with Crippen molar-refractivity contribution in [1.29, 1.82) is 0 Å². The van der Waals surface area contributed by atoms with Crippen LogP contribution < -0.4 is 10.1 Å². The van der Waals surface area contributed by atoms with Gasteiger partial charge in [0, 0.05) is 6.42 Å². The fourth-order valence-electron chi connectivity index (χ4n) is 2.91. The van der Waals surface area contributed by atoms with Crippen molar-refractivity contribution >= 4 is 0 Å². The third kappa shape index (κ3) is 2.08. The summed E-state index contributed by atoms with van der Waals surface area (Å²) >= 11 is 0. The van der Waals surface area contributed by atoms with E-state index < -0.39 is 0 Å². The van der Waals surface area contributed by atoms with Gasteiger partial charge in [0.1, 0.15) is 5.75 Å². The fourth-order valence-corrected chi connectivity index (χ4v) is 2.91. The molecule has 0 bridgehead atoms. The summed E-state index contributed by atoms with van der Waals surface area (Å²) in [6.45, 7) is 1.02. The van der Waals surface area contributed by atoms with E-state index in [-0.39, 0.29) is 12.1 Å². The predicted molar refractivity (Wildman–Crippen MR) is 72.4 cm³/mol. The van der Waals surface area contributed by atoms with Gasteiger partial charge in [0.05, 0.1) is 6.04 Å². The summed E-state index contributed by atoms with van der Waals surface area (Å²) in [7, 11) is 0. The van der Waals surface area contributed by atoms with E-state index in [1.807, 2.05) is 18.2 Å². The van der Waals surface area contributed by atoms with Crippen molar-refractivity contribution in [2.24, 2.45) is 0 Å². The van der Waals surface area contributed by atoms with Crippen molar-refractivity contribution in [3.63, 3.8) is 0 Å². The first kappa shape index (κ1) is 11.9. The Kier molecular flexibility index (Phi) is 2.92. The van der Waals surface area contributed by atoms with E-state index in [1.54, 1.807) is 0 Å². The highest BCUT2D eigenvalue weighted by Gasteiger charge is 2.29. The number of ether oxygens (including phenoxy) is 1. The maximum atomic E-state index is 5.89. The predicted octanol–water partition coefficient (Wildman–Crippen LogP) is 2.56. The number of piperidine rings is 1. The number of benzene rings is 1. The molecule has 1 aromatic carbocycles. The smallest absolute Gasteiger partial charge is 0.243 e. The average molecular weight is 271 g/mol. The van der Waals surface area contributed by atoms with Crippen molar-refractivity contribution in [3.8, 4) is 5.75 Å². The minimum atomic E-state index is -0.117. The van der Waals surface area contributed by atoms with Crippen LogP contribution in [0.2, 0.25) is 0 Å². The van der Waals surface area contributed by atoms with Gasteiger partial charge in [0.25, 0.3) is 0 Å². The lowest BCUT2D eigenvalue weighted by Crippen LogP contribution is -2.27. The van der Waals surface area contributed by atoms with Gasteiger partial charge in [-0.2, -0.15) is 4.98 Å². The van der Waals surface area contributed by atoms with Crippen LogP contribution in [0, 0.1) is 0 Å². The maximum absolute atomic E-state index is 5.89. The molecular weight excluding hydrogens is 254 g/mol. The number of hydrogen-bond donors (Lipinski definition) is 1. The normalized spacial score (nSPS) is 25.2. The van der Waals surface area contributed by atoms with Gasteiger partial charge in [0.2, 0.25) is 11.7 Å². The van der Waals surface area contributed by atoms with Crippen LogP contribution in [0.4, 0.5) is 0 Å². The molecule has 0 amide bonds. The van der Waals surface area contributed by atoms with E-state index in [9.17, 15) is 0 Å². The summed E-state index contributed by atoms with van der Waals surface area (Å²) in [5.41, 5.74) is 1.21. The van der Waals surface area contributed by atoms with E-state index >= 15 is 0 Å². The van der Waals surface area contributed by atoms with Gasteiger partial charge in [-0.1, -0.05) is 29.8 Å². The van der Waals surface area contributed by atoms with Crippen LogP contribution in [0.25, 0.3) is 0 Å². The molecule has 0 aliphatic carbocycles. The molecule has 1 fully saturated rings. The standard InChI is InChI=1S/C15H17N3O2/c1-2-7-12-10(5-1)9-13(19-12)14-17-15(20-18-14)11-6-3-4-8-16-11/h1-2,5,7,11,13,16H,3-4,6,8-9H2/t11-,13?/m0/s1. The second-order valence-electron chi connectivity index (χ2n) is 5.41. The zero-order valence-electron chi connectivity index (χ0n) is 11.2. The Labute approximate surface area is 117 Å². The van der Waals surface area contributed by atoms with Crippen LogP contribution >= 0.6 is 0 Å². The van der Waals surface area contributed by atoms with Crippen molar-refractivity contribution in [1.82, 2.24) is 15.5 Å². The van der Waals surface area contributed by atoms with E-state index in [1.165, 1.54) is 18.4 Å². The molecule has 0 spiro atoms. The van der Waals surface area contributed by atoms with Gasteiger partial charge in [-0.15, -0.1) is 0 Å². The molecule has 1 aromatic heterocycles. The first-order valence-electron chi connectivity index (χ1n) is 7.21. The van der Waals surface area contributed by atoms with E-state index in [0.29, 0.717) is 11.7 Å². The zero-order valence-corrected chi connectivity index (χ0v) is 11.2. The molecule has 1 N–H and O–H groups in total. The fraction of sp³-hybridized carbons (Fsp3) is 0.467. The first-order chi connectivity index (χ1) is 9.90. The Morgan fingerprint density at radius 2 is 2.15 bits per heavy atom. The molecule has 1 saturated heterocycles. The third-order valence-corrected chi connectivity index (χ3v) is 4.00. The van der Waals surface area contributed by atoms with E-state index in [0.717, 1.165) is 25.1 Å². The molecule has 0 radical (unpaired) electrons. The summed E-state index contributed by atoms with van der Waals surface area (Å²) in [4.78, 5) is 4.53. The van der Waals surface area contributed by atoms with Gasteiger partial charge in [-0.25, -0.2) is 0 Å². The second-order valence-corrected chi connectivity index (χ2v) is 5.41. The van der Waals surface area contributed by atoms with Crippen LogP contribution in [0.5, 0.6) is 5.75 Å². The van der Waals surface area contributed by atoms with Crippen LogP contribution in [-0.4, -0.2) is 16.7 Å². The highest BCUT2D eigenvalue weighted by Crippen LogP contribution is 2.35. The lowest BCUT2D eigenvalue weighted by atomic mass is 10.1. The molecule has 20 heavy (non-hydrogen) atoms. The summed E-state index contributed by atoms with van der Waals surface area (Å²) in [6, 6.07) is 8.28. The van der Waals surface area contributed by atoms with Crippen molar-refractivity contribution < 1.29 is 9.26 Å². The SMILES string of the molecule is c1ccc2c(c1)CC(c1noc([C@@H]3CCCCN3)n1)O2. The Hall–Kier alpha value is -1.88. The van der Waals surface area contributed by atoms with Crippen LogP contribution in [0.15, 0.2) is 28.8 Å². The number of hydrogen-bond acceptors (Lipinski definition) is 5. The molecule has 1 unspecified atom stereocenters. The topological polar surface area (TPSA) is 60.2 Å². The van der Waals surface area contributed by atoms with Gasteiger partial charge in [0.15, 0.2) is 6.10 Å². The van der Waals surface area contributed by atoms with Crippen molar-refractivity contribution in [2.45, 2.75) is 37.8 Å². The lowest BCUT2D eigenvalue weighted by molar-refractivity contribution is 0.220. The molecule has 5 heteroatoms. The number of nitrogens with zero attached hydrogens (tertiary/aromatic N) is 2. The maximum Gasteiger partial charge on any atom is 0.243 e. The molecule has 2 atom stereocenters. The third-order valence-electron chi connectivity index (χ3n) is 4.00. The highest BCUT2D eigenvalue weighted by atomic mass is 16.5. The first-order valence-corrected chi connectivity index (χ1v) is 7.21. The number of para-hydroxylation sites is 1. The van der Waals surface area contributed by atoms with E-state index in [4.69, 9.17) is 9.26 Å². The monoisotopic (exact) mass is 271 g/mol. The largest absolute Gasteiger partial charge is 0.482 e. The van der Waals surface area contributed by atoms with Gasteiger partial charge >= 0.3 is 0 Å². The van der Waals surface area contributed by atoms with Crippen LogP contribution in [0.3, 0.4) is 0 Å². The molecule has 104 valence electrons. The quantitative estimate of drug-likeness (QED) is 0.909. The molecule has 2 aliphatic rings. The van der Waals surface area contributed by atoms with Crippen molar-refractivity contribution in [2.75, 3.05) is 6.54 Å². The Balaban J connectivity index is 1.52. The van der Waals surface area contributed by atoms with Gasteiger partial charge < -0.3 is 14.6 Å². The Morgan fingerprint density at radius 3 is 3.00 bits per heavy atom. The molecule has 3 heterocycles. The number of aromatic nitrogens is 2. The molecular formula is C15H17N3O2. The lowest BCUT2D eigenvalue weighted by Gasteiger charge is -2.19. The number of rotatable bonds is 2. The number of fused-ring (bicyclic) bond motifs is 1. The Morgan fingerprint density at radius 1 is 1.20 bits per heavy atom. The molecule has 0 saturated carbocycles. The molecule has 2 aromatic rings. The zero-order chi connectivity index (χ0) is 13.4. The second kappa shape index (κ2) is 4.90.